The Balaban J connectivity index is 1.55. The molecule has 4 nitrogen and oxygen atoms in total. The summed E-state index contributed by atoms with van der Waals surface area (Å²) in [4.78, 5) is 14.2. The van der Waals surface area contributed by atoms with Crippen molar-refractivity contribution in [3.8, 4) is 5.75 Å². The maximum Gasteiger partial charge on any atom is 0.421 e. The van der Waals surface area contributed by atoms with Crippen LogP contribution < -0.4 is 10.3 Å². The van der Waals surface area contributed by atoms with E-state index in [2.05, 4.69) is 11.8 Å². The number of nitrogens with zero attached hydrogens (tertiary/aromatic N) is 2. The summed E-state index contributed by atoms with van der Waals surface area (Å²) in [7, 11) is 0. The van der Waals surface area contributed by atoms with E-state index in [-0.39, 0.29) is 12.1 Å². The van der Waals surface area contributed by atoms with Crippen molar-refractivity contribution in [2.45, 2.75) is 38.1 Å². The number of rotatable bonds is 5. The topological polar surface area (TPSA) is 34.5 Å². The third kappa shape index (κ3) is 5.08. The Bertz CT molecular complexity index is 857. The number of aromatic nitrogens is 1. The highest BCUT2D eigenvalue weighted by atomic mass is 35.5. The largest absolute Gasteiger partial charge is 0.487 e. The summed E-state index contributed by atoms with van der Waals surface area (Å²) in [5.74, 6) is 0.760. The molecule has 0 radical (unpaired) electrons. The molecule has 28 heavy (non-hydrogen) atoms. The lowest BCUT2D eigenvalue weighted by Crippen LogP contribution is -2.47. The zero-order valence-corrected chi connectivity index (χ0v) is 16.3. The van der Waals surface area contributed by atoms with Gasteiger partial charge in [0, 0.05) is 37.4 Å². The molecular weight excluding hydrogens is 393 g/mol. The molecule has 1 fully saturated rings. The minimum Gasteiger partial charge on any atom is -0.487 e. The van der Waals surface area contributed by atoms with Gasteiger partial charge in [-0.3, -0.25) is 4.79 Å². The van der Waals surface area contributed by atoms with Gasteiger partial charge in [0.05, 0.1) is 0 Å². The molecule has 0 unspecified atom stereocenters. The van der Waals surface area contributed by atoms with E-state index in [4.69, 9.17) is 16.3 Å². The van der Waals surface area contributed by atoms with E-state index in [1.54, 1.807) is 12.1 Å². The van der Waals surface area contributed by atoms with Crippen LogP contribution in [0.3, 0.4) is 0 Å². The van der Waals surface area contributed by atoms with Crippen molar-refractivity contribution in [2.24, 2.45) is 0 Å². The predicted octanol–water partition coefficient (Wildman–Crippen LogP) is 4.45. The van der Waals surface area contributed by atoms with Gasteiger partial charge in [-0.15, -0.1) is 0 Å². The van der Waals surface area contributed by atoms with Crippen LogP contribution in [0.5, 0.6) is 5.75 Å². The minimum atomic E-state index is -4.63. The number of piperidine rings is 1. The number of alkyl halides is 3. The fourth-order valence-electron chi connectivity index (χ4n) is 3.32. The van der Waals surface area contributed by atoms with Crippen LogP contribution in [0, 0.1) is 0 Å². The average molecular weight is 415 g/mol. The lowest BCUT2D eigenvalue weighted by Gasteiger charge is -2.39. The van der Waals surface area contributed by atoms with Crippen LogP contribution in [0.1, 0.15) is 25.3 Å². The van der Waals surface area contributed by atoms with Crippen LogP contribution in [-0.4, -0.2) is 34.7 Å². The van der Waals surface area contributed by atoms with Crippen LogP contribution >= 0.6 is 11.6 Å². The van der Waals surface area contributed by atoms with E-state index in [1.165, 1.54) is 12.3 Å². The van der Waals surface area contributed by atoms with Gasteiger partial charge in [-0.1, -0.05) is 11.6 Å². The molecule has 0 N–H and O–H groups in total. The van der Waals surface area contributed by atoms with Gasteiger partial charge >= 0.3 is 6.18 Å². The molecule has 1 aromatic carbocycles. The highest BCUT2D eigenvalue weighted by molar-refractivity contribution is 6.30. The molecule has 2 aromatic rings. The summed E-state index contributed by atoms with van der Waals surface area (Å²) in [5.41, 5.74) is -2.43. The third-order valence-electron chi connectivity index (χ3n) is 5.07. The van der Waals surface area contributed by atoms with Crippen molar-refractivity contribution in [3.63, 3.8) is 0 Å². The van der Waals surface area contributed by atoms with Crippen molar-refractivity contribution >= 4 is 11.6 Å². The summed E-state index contributed by atoms with van der Waals surface area (Å²) in [6.07, 6.45) is -1.67. The van der Waals surface area contributed by atoms with Crippen molar-refractivity contribution in [1.82, 2.24) is 9.47 Å². The monoisotopic (exact) mass is 414 g/mol. The molecule has 8 heteroatoms. The zero-order chi connectivity index (χ0) is 20.4. The van der Waals surface area contributed by atoms with E-state index in [0.29, 0.717) is 11.6 Å². The standard InChI is InChI=1S/C20H22ClF3N2O2/c1-19(28-16-6-4-15(21)5-7-16)8-11-25(12-9-19)13-14-26-10-2-3-17(18(26)27)20(22,23)24/h2-7,10H,8-9,11-14H2,1H3. The first-order valence-electron chi connectivity index (χ1n) is 9.10. The Morgan fingerprint density at radius 1 is 1.11 bits per heavy atom. The number of ether oxygens (including phenoxy) is 1. The molecule has 0 atom stereocenters. The minimum absolute atomic E-state index is 0.220. The lowest BCUT2D eigenvalue weighted by atomic mass is 9.93. The second-order valence-corrected chi connectivity index (χ2v) is 7.70. The van der Waals surface area contributed by atoms with Crippen molar-refractivity contribution in [2.75, 3.05) is 19.6 Å². The molecule has 2 heterocycles. The van der Waals surface area contributed by atoms with E-state index in [1.807, 2.05) is 12.1 Å². The van der Waals surface area contributed by atoms with Gasteiger partial charge in [0.2, 0.25) is 0 Å². The normalized spacial score (nSPS) is 17.5. The number of hydrogen-bond donors (Lipinski definition) is 0. The van der Waals surface area contributed by atoms with E-state index in [9.17, 15) is 18.0 Å². The molecule has 0 saturated carbocycles. The molecule has 0 aliphatic carbocycles. The van der Waals surface area contributed by atoms with Gasteiger partial charge in [0.15, 0.2) is 0 Å². The number of halogens is 4. The highest BCUT2D eigenvalue weighted by Gasteiger charge is 2.34. The number of likely N-dealkylation sites (tertiary alicyclic amines) is 1. The van der Waals surface area contributed by atoms with Crippen LogP contribution in [0.15, 0.2) is 47.4 Å². The van der Waals surface area contributed by atoms with E-state index >= 15 is 0 Å². The molecule has 1 aliphatic rings. The van der Waals surface area contributed by atoms with Gasteiger partial charge in [-0.25, -0.2) is 0 Å². The van der Waals surface area contributed by atoms with E-state index < -0.39 is 17.3 Å². The van der Waals surface area contributed by atoms with Crippen molar-refractivity contribution in [3.05, 3.63) is 63.5 Å². The molecule has 1 saturated heterocycles. The summed E-state index contributed by atoms with van der Waals surface area (Å²) >= 11 is 5.89. The molecular formula is C20H22ClF3N2O2. The van der Waals surface area contributed by atoms with Crippen molar-refractivity contribution in [1.29, 1.82) is 0 Å². The number of hydrogen-bond acceptors (Lipinski definition) is 3. The number of pyridine rings is 1. The summed E-state index contributed by atoms with van der Waals surface area (Å²) in [6.45, 7) is 4.28. The SMILES string of the molecule is CC1(Oc2ccc(Cl)cc2)CCN(CCn2cccc(C(F)(F)F)c2=O)CC1. The molecule has 0 bridgehead atoms. The smallest absolute Gasteiger partial charge is 0.421 e. The lowest BCUT2D eigenvalue weighted by molar-refractivity contribution is -0.139. The first kappa shape index (κ1) is 20.7. The van der Waals surface area contributed by atoms with Gasteiger partial charge < -0.3 is 14.2 Å². The molecule has 0 spiro atoms. The number of benzene rings is 1. The maximum absolute atomic E-state index is 12.9. The molecule has 3 rings (SSSR count). The molecule has 152 valence electrons. The Morgan fingerprint density at radius 2 is 1.75 bits per heavy atom. The summed E-state index contributed by atoms with van der Waals surface area (Å²) in [6, 6.07) is 9.31. The Kier molecular flexibility index (Phi) is 6.05. The molecule has 1 aromatic heterocycles. The zero-order valence-electron chi connectivity index (χ0n) is 15.5. The fourth-order valence-corrected chi connectivity index (χ4v) is 3.44. The van der Waals surface area contributed by atoms with Gasteiger partial charge in [0.25, 0.3) is 5.56 Å². The van der Waals surface area contributed by atoms with Gasteiger partial charge in [-0.2, -0.15) is 13.2 Å². The highest BCUT2D eigenvalue weighted by Crippen LogP contribution is 2.29. The maximum atomic E-state index is 12.9. The van der Waals surface area contributed by atoms with Crippen LogP contribution in [-0.2, 0) is 12.7 Å². The summed E-state index contributed by atoms with van der Waals surface area (Å²) in [5, 5.41) is 0.650. The van der Waals surface area contributed by atoms with E-state index in [0.717, 1.165) is 42.3 Å². The first-order chi connectivity index (χ1) is 13.2. The Labute approximate surface area is 166 Å². The third-order valence-corrected chi connectivity index (χ3v) is 5.33. The fraction of sp³-hybridized carbons (Fsp3) is 0.450. The molecule has 1 aliphatic heterocycles. The first-order valence-corrected chi connectivity index (χ1v) is 9.48. The van der Waals surface area contributed by atoms with Gasteiger partial charge in [0.1, 0.15) is 16.9 Å². The van der Waals surface area contributed by atoms with Crippen molar-refractivity contribution < 1.29 is 17.9 Å². The van der Waals surface area contributed by atoms with Crippen LogP contribution in [0.2, 0.25) is 5.02 Å². The molecule has 0 amide bonds. The average Bonchev–Trinajstić information content (AvgIpc) is 2.63. The van der Waals surface area contributed by atoms with Crippen LogP contribution in [0.25, 0.3) is 0 Å². The van der Waals surface area contributed by atoms with Gasteiger partial charge in [-0.05, 0) is 56.2 Å². The second-order valence-electron chi connectivity index (χ2n) is 7.27. The van der Waals surface area contributed by atoms with Crippen LogP contribution in [0.4, 0.5) is 13.2 Å². The Hall–Kier alpha value is -1.99. The quantitative estimate of drug-likeness (QED) is 0.724. The second kappa shape index (κ2) is 8.17. The predicted molar refractivity (Wildman–Crippen MR) is 102 cm³/mol. The Morgan fingerprint density at radius 3 is 2.36 bits per heavy atom. The summed E-state index contributed by atoms with van der Waals surface area (Å²) < 4.78 is 45.8.